The maximum Gasteiger partial charge on any atom is 0.0590 e. The second-order valence-corrected chi connectivity index (χ2v) is 5.21. The van der Waals surface area contributed by atoms with Gasteiger partial charge in [0.1, 0.15) is 0 Å². The number of para-hydroxylation sites is 1. The van der Waals surface area contributed by atoms with E-state index in [0.717, 1.165) is 39.3 Å². The van der Waals surface area contributed by atoms with Crippen molar-refractivity contribution in [1.29, 1.82) is 0 Å². The van der Waals surface area contributed by atoms with Crippen molar-refractivity contribution in [2.24, 2.45) is 0 Å². The summed E-state index contributed by atoms with van der Waals surface area (Å²) in [6.45, 7) is 8.98. The molecule has 1 N–H and O–H groups in total. The fourth-order valence-corrected chi connectivity index (χ4v) is 2.45. The van der Waals surface area contributed by atoms with E-state index in [4.69, 9.17) is 4.74 Å². The number of nitrogens with zero attached hydrogens (tertiary/aromatic N) is 1. The van der Waals surface area contributed by atoms with E-state index in [0.29, 0.717) is 0 Å². The van der Waals surface area contributed by atoms with Crippen LogP contribution in [-0.2, 0) is 11.3 Å². The van der Waals surface area contributed by atoms with Crippen molar-refractivity contribution in [3.8, 4) is 0 Å². The lowest BCUT2D eigenvalue weighted by atomic mass is 10.2. The van der Waals surface area contributed by atoms with Crippen LogP contribution >= 0.6 is 0 Å². The Balaban J connectivity index is 1.72. The first-order chi connectivity index (χ1) is 9.83. The molecule has 0 aliphatic rings. The predicted molar refractivity (Wildman–Crippen MR) is 85.3 cm³/mol. The average Bonchev–Trinajstić information content (AvgIpc) is 2.78. The molecule has 0 amide bonds. The Morgan fingerprint density at radius 1 is 1.15 bits per heavy atom. The van der Waals surface area contributed by atoms with Crippen molar-refractivity contribution in [1.82, 2.24) is 9.88 Å². The van der Waals surface area contributed by atoms with Gasteiger partial charge in [0.15, 0.2) is 0 Å². The highest BCUT2D eigenvalue weighted by Crippen LogP contribution is 2.18. The first-order valence-corrected chi connectivity index (χ1v) is 7.66. The van der Waals surface area contributed by atoms with Gasteiger partial charge in [-0.1, -0.05) is 31.5 Å². The van der Waals surface area contributed by atoms with E-state index in [-0.39, 0.29) is 0 Å². The first-order valence-electron chi connectivity index (χ1n) is 7.66. The lowest BCUT2D eigenvalue weighted by molar-refractivity contribution is 0.133. The molecule has 0 saturated heterocycles. The first kappa shape index (κ1) is 15.1. The summed E-state index contributed by atoms with van der Waals surface area (Å²) < 4.78 is 7.91. The molecule has 3 heteroatoms. The zero-order valence-electron chi connectivity index (χ0n) is 12.7. The summed E-state index contributed by atoms with van der Waals surface area (Å²) in [6, 6.07) is 10.8. The quantitative estimate of drug-likeness (QED) is 0.710. The second-order valence-electron chi connectivity index (χ2n) is 5.21. The molecule has 0 unspecified atom stereocenters. The van der Waals surface area contributed by atoms with Gasteiger partial charge in [0.2, 0.25) is 0 Å². The molecule has 1 heterocycles. The third-order valence-electron chi connectivity index (χ3n) is 3.60. The number of hydrogen-bond donors (Lipinski definition) is 1. The van der Waals surface area contributed by atoms with Gasteiger partial charge < -0.3 is 14.6 Å². The van der Waals surface area contributed by atoms with Crippen LogP contribution in [0.4, 0.5) is 0 Å². The fraction of sp³-hybridized carbons (Fsp3) is 0.529. The van der Waals surface area contributed by atoms with Crippen molar-refractivity contribution in [3.05, 3.63) is 36.0 Å². The van der Waals surface area contributed by atoms with Crippen LogP contribution in [0.25, 0.3) is 10.9 Å². The van der Waals surface area contributed by atoms with E-state index in [1.54, 1.807) is 0 Å². The number of hydrogen-bond acceptors (Lipinski definition) is 2. The van der Waals surface area contributed by atoms with Gasteiger partial charge >= 0.3 is 0 Å². The summed E-state index contributed by atoms with van der Waals surface area (Å²) >= 11 is 0. The number of aryl methyl sites for hydroxylation is 1. The van der Waals surface area contributed by atoms with Crippen LogP contribution < -0.4 is 5.32 Å². The lowest BCUT2D eigenvalue weighted by Crippen LogP contribution is -2.24. The van der Waals surface area contributed by atoms with Crippen molar-refractivity contribution in [3.63, 3.8) is 0 Å². The minimum Gasteiger partial charge on any atom is -0.380 e. The van der Waals surface area contributed by atoms with Crippen LogP contribution in [0.1, 0.15) is 25.5 Å². The molecule has 110 valence electrons. The molecule has 0 saturated carbocycles. The van der Waals surface area contributed by atoms with Gasteiger partial charge in [-0.25, -0.2) is 0 Å². The number of nitrogens with one attached hydrogen (secondary N) is 1. The van der Waals surface area contributed by atoms with Crippen molar-refractivity contribution in [2.75, 3.05) is 26.3 Å². The third-order valence-corrected chi connectivity index (χ3v) is 3.60. The van der Waals surface area contributed by atoms with Crippen LogP contribution in [-0.4, -0.2) is 30.9 Å². The highest BCUT2D eigenvalue weighted by Gasteiger charge is 2.03. The number of rotatable bonds is 9. The molecule has 0 fully saturated rings. The Labute approximate surface area is 121 Å². The molecular formula is C17H26N2O. The van der Waals surface area contributed by atoms with Gasteiger partial charge in [-0.2, -0.15) is 0 Å². The van der Waals surface area contributed by atoms with Crippen LogP contribution in [0.15, 0.2) is 30.3 Å². The Hall–Kier alpha value is -1.32. The molecule has 0 atom stereocenters. The van der Waals surface area contributed by atoms with E-state index in [2.05, 4.69) is 54.1 Å². The minimum atomic E-state index is 0.811. The molecule has 1 aromatic carbocycles. The maximum atomic E-state index is 5.54. The number of ether oxygens (including phenoxy) is 1. The third kappa shape index (κ3) is 4.09. The van der Waals surface area contributed by atoms with E-state index in [9.17, 15) is 0 Å². The van der Waals surface area contributed by atoms with Crippen molar-refractivity contribution < 1.29 is 4.74 Å². The molecule has 3 nitrogen and oxygen atoms in total. The van der Waals surface area contributed by atoms with Gasteiger partial charge in [0, 0.05) is 37.5 Å². The smallest absolute Gasteiger partial charge is 0.0590 e. The average molecular weight is 274 g/mol. The number of benzene rings is 1. The van der Waals surface area contributed by atoms with E-state index >= 15 is 0 Å². The van der Waals surface area contributed by atoms with Gasteiger partial charge in [-0.15, -0.1) is 0 Å². The van der Waals surface area contributed by atoms with E-state index in [1.165, 1.54) is 23.0 Å². The highest BCUT2D eigenvalue weighted by atomic mass is 16.5. The monoisotopic (exact) mass is 274 g/mol. The van der Waals surface area contributed by atoms with Gasteiger partial charge in [-0.05, 0) is 30.9 Å². The lowest BCUT2D eigenvalue weighted by Gasteiger charge is -2.10. The predicted octanol–water partition coefficient (Wildman–Crippen LogP) is 3.36. The number of fused-ring (bicyclic) bond motifs is 1. The van der Waals surface area contributed by atoms with Gasteiger partial charge in [-0.3, -0.25) is 0 Å². The number of aromatic nitrogens is 1. The zero-order chi connectivity index (χ0) is 14.2. The molecule has 0 aliphatic heterocycles. The van der Waals surface area contributed by atoms with Crippen molar-refractivity contribution in [2.45, 2.75) is 33.2 Å². The summed E-state index contributed by atoms with van der Waals surface area (Å²) in [5.74, 6) is 0. The number of unbranched alkanes of at least 4 members (excludes halogenated alkanes) is 1. The fourth-order valence-electron chi connectivity index (χ4n) is 2.45. The summed E-state index contributed by atoms with van der Waals surface area (Å²) in [5.41, 5.74) is 2.65. The molecule has 2 aromatic rings. The SMILES string of the molecule is CCCCOCCNCCn1c(C)cc2ccccc21. The second kappa shape index (κ2) is 8.08. The topological polar surface area (TPSA) is 26.2 Å². The molecule has 0 spiro atoms. The molecule has 20 heavy (non-hydrogen) atoms. The van der Waals surface area contributed by atoms with Crippen LogP contribution in [0, 0.1) is 6.92 Å². The molecule has 0 aliphatic carbocycles. The summed E-state index contributed by atoms with van der Waals surface area (Å²) in [5, 5.41) is 4.77. The van der Waals surface area contributed by atoms with E-state index < -0.39 is 0 Å². The van der Waals surface area contributed by atoms with Crippen LogP contribution in [0.3, 0.4) is 0 Å². The molecular weight excluding hydrogens is 248 g/mol. The summed E-state index contributed by atoms with van der Waals surface area (Å²) in [4.78, 5) is 0. The maximum absolute atomic E-state index is 5.54. The Morgan fingerprint density at radius 3 is 2.85 bits per heavy atom. The normalized spacial score (nSPS) is 11.3. The molecule has 0 radical (unpaired) electrons. The summed E-state index contributed by atoms with van der Waals surface area (Å²) in [7, 11) is 0. The van der Waals surface area contributed by atoms with Crippen molar-refractivity contribution >= 4 is 10.9 Å². The molecule has 2 rings (SSSR count). The minimum absolute atomic E-state index is 0.811. The Bertz CT molecular complexity index is 519. The van der Waals surface area contributed by atoms with Gasteiger partial charge in [0.25, 0.3) is 0 Å². The van der Waals surface area contributed by atoms with E-state index in [1.807, 2.05) is 0 Å². The molecule has 0 bridgehead atoms. The largest absolute Gasteiger partial charge is 0.380 e. The Morgan fingerprint density at radius 2 is 2.00 bits per heavy atom. The van der Waals surface area contributed by atoms with Crippen LogP contribution in [0.2, 0.25) is 0 Å². The van der Waals surface area contributed by atoms with Crippen LogP contribution in [0.5, 0.6) is 0 Å². The standard InChI is InChI=1S/C17H26N2O/c1-3-4-12-20-13-10-18-9-11-19-15(2)14-16-7-5-6-8-17(16)19/h5-8,14,18H,3-4,9-13H2,1-2H3. The zero-order valence-corrected chi connectivity index (χ0v) is 12.7. The van der Waals surface area contributed by atoms with Gasteiger partial charge in [0.05, 0.1) is 6.61 Å². The Kier molecular flexibility index (Phi) is 6.09. The summed E-state index contributed by atoms with van der Waals surface area (Å²) in [6.07, 6.45) is 2.36. The highest BCUT2D eigenvalue weighted by molar-refractivity contribution is 5.81. The molecule has 1 aromatic heterocycles.